The number of aromatic amines is 2. The third-order valence-corrected chi connectivity index (χ3v) is 8.01. The predicted octanol–water partition coefficient (Wildman–Crippen LogP) is 9.37. The zero-order valence-electron chi connectivity index (χ0n) is 22.0. The van der Waals surface area contributed by atoms with Gasteiger partial charge in [0.25, 0.3) is 0 Å². The second kappa shape index (κ2) is 9.44. The van der Waals surface area contributed by atoms with Gasteiger partial charge in [-0.2, -0.15) is 0 Å². The van der Waals surface area contributed by atoms with Gasteiger partial charge in [-0.1, -0.05) is 87.6 Å². The summed E-state index contributed by atoms with van der Waals surface area (Å²) in [4.78, 5) is 7.24. The molecule has 0 aliphatic heterocycles. The van der Waals surface area contributed by atoms with E-state index in [9.17, 15) is 0 Å². The van der Waals surface area contributed by atoms with E-state index in [1.807, 2.05) is 62.4 Å². The average molecular weight is 567 g/mol. The summed E-state index contributed by atoms with van der Waals surface area (Å²) in [5.74, 6) is -0.306. The van der Waals surface area contributed by atoms with Crippen molar-refractivity contribution >= 4 is 45.4 Å². The molecule has 2 N–H and O–H groups in total. The van der Waals surface area contributed by atoms with Gasteiger partial charge < -0.3 is 19.0 Å². The van der Waals surface area contributed by atoms with E-state index in [1.54, 1.807) is 0 Å². The lowest BCUT2D eigenvalue weighted by Crippen LogP contribution is -2.06. The Morgan fingerprint density at radius 3 is 1.45 bits per heavy atom. The summed E-state index contributed by atoms with van der Waals surface area (Å²) >= 11 is 12.5. The Bertz CT molecular complexity index is 1870. The summed E-state index contributed by atoms with van der Waals surface area (Å²) < 4.78 is 12.1. The van der Waals surface area contributed by atoms with Gasteiger partial charge in [-0.05, 0) is 61.7 Å². The fourth-order valence-corrected chi connectivity index (χ4v) is 5.74. The molecular formula is C32H24Cl2N4O2. The summed E-state index contributed by atoms with van der Waals surface area (Å²) in [5, 5.41) is 9.95. The molecule has 0 radical (unpaired) electrons. The van der Waals surface area contributed by atoms with Crippen molar-refractivity contribution in [3.05, 3.63) is 116 Å². The average Bonchev–Trinajstić information content (AvgIpc) is 3.70. The van der Waals surface area contributed by atoms with Gasteiger partial charge >= 0.3 is 0 Å². The number of fused-ring (bicyclic) bond motifs is 2. The lowest BCUT2D eigenvalue weighted by molar-refractivity contribution is 0.445. The largest absolute Gasteiger partial charge is 0.354 e. The van der Waals surface area contributed by atoms with Crippen LogP contribution in [0.2, 0.25) is 10.0 Å². The second-order valence-corrected chi connectivity index (χ2v) is 11.0. The SMILES string of the molecule is Cc1ccc(C(c2c(-c3ccc(Cl)cc3)[nH]c3c(C)noc23)c2c(-c3ccc(Cl)cc3)[nH]c3c(C)noc23)cc1. The smallest absolute Gasteiger partial charge is 0.189 e. The van der Waals surface area contributed by atoms with Crippen LogP contribution in [0.5, 0.6) is 0 Å². The molecule has 4 aromatic heterocycles. The maximum atomic E-state index is 6.27. The van der Waals surface area contributed by atoms with Crippen molar-refractivity contribution in [3.8, 4) is 22.5 Å². The van der Waals surface area contributed by atoms with E-state index in [2.05, 4.69) is 51.5 Å². The van der Waals surface area contributed by atoms with Gasteiger partial charge in [-0.3, -0.25) is 0 Å². The Hall–Kier alpha value is -4.26. The molecule has 40 heavy (non-hydrogen) atoms. The van der Waals surface area contributed by atoms with E-state index in [-0.39, 0.29) is 5.92 Å². The van der Waals surface area contributed by atoms with Crippen molar-refractivity contribution in [1.82, 2.24) is 20.3 Å². The van der Waals surface area contributed by atoms with Gasteiger partial charge in [0.1, 0.15) is 22.4 Å². The van der Waals surface area contributed by atoms with Crippen molar-refractivity contribution in [3.63, 3.8) is 0 Å². The van der Waals surface area contributed by atoms with Crippen molar-refractivity contribution in [2.45, 2.75) is 26.7 Å². The Morgan fingerprint density at radius 1 is 0.600 bits per heavy atom. The van der Waals surface area contributed by atoms with Crippen molar-refractivity contribution < 1.29 is 9.05 Å². The highest BCUT2D eigenvalue weighted by molar-refractivity contribution is 6.31. The minimum atomic E-state index is -0.306. The topological polar surface area (TPSA) is 83.6 Å². The molecule has 0 bridgehead atoms. The van der Waals surface area contributed by atoms with E-state index >= 15 is 0 Å². The maximum Gasteiger partial charge on any atom is 0.189 e. The summed E-state index contributed by atoms with van der Waals surface area (Å²) in [6, 6.07) is 24.2. The van der Waals surface area contributed by atoms with Crippen LogP contribution < -0.4 is 0 Å². The second-order valence-electron chi connectivity index (χ2n) is 10.1. The van der Waals surface area contributed by atoms with Crippen LogP contribution in [0.15, 0.2) is 81.8 Å². The first-order valence-corrected chi connectivity index (χ1v) is 13.7. The molecule has 0 unspecified atom stereocenters. The molecule has 0 fully saturated rings. The summed E-state index contributed by atoms with van der Waals surface area (Å²) in [5.41, 5.74) is 12.6. The number of hydrogen-bond donors (Lipinski definition) is 2. The molecule has 4 heterocycles. The minimum Gasteiger partial charge on any atom is -0.354 e. The number of aromatic nitrogens is 4. The molecule has 7 rings (SSSR count). The summed E-state index contributed by atoms with van der Waals surface area (Å²) in [6.45, 7) is 5.96. The van der Waals surface area contributed by atoms with Crippen LogP contribution in [0.1, 0.15) is 39.6 Å². The van der Waals surface area contributed by atoms with Gasteiger partial charge in [0, 0.05) is 27.1 Å². The minimum absolute atomic E-state index is 0.306. The molecule has 0 amide bonds. The lowest BCUT2D eigenvalue weighted by atomic mass is 9.82. The fraction of sp³-hybridized carbons (Fsp3) is 0.125. The number of nitrogens with zero attached hydrogens (tertiary/aromatic N) is 2. The number of hydrogen-bond acceptors (Lipinski definition) is 4. The van der Waals surface area contributed by atoms with E-state index in [4.69, 9.17) is 32.2 Å². The molecule has 0 atom stereocenters. The first kappa shape index (κ1) is 24.8. The highest BCUT2D eigenvalue weighted by atomic mass is 35.5. The van der Waals surface area contributed by atoms with Crippen LogP contribution in [0.4, 0.5) is 0 Å². The monoisotopic (exact) mass is 566 g/mol. The van der Waals surface area contributed by atoms with Gasteiger partial charge in [0.15, 0.2) is 11.2 Å². The van der Waals surface area contributed by atoms with Crippen LogP contribution in [-0.2, 0) is 0 Å². The van der Waals surface area contributed by atoms with E-state index in [0.717, 1.165) is 61.6 Å². The van der Waals surface area contributed by atoms with Gasteiger partial charge in [0.2, 0.25) is 0 Å². The van der Waals surface area contributed by atoms with Crippen LogP contribution in [0.25, 0.3) is 44.7 Å². The van der Waals surface area contributed by atoms with Crippen LogP contribution >= 0.6 is 23.2 Å². The van der Waals surface area contributed by atoms with Gasteiger partial charge in [0.05, 0.1) is 11.4 Å². The van der Waals surface area contributed by atoms with Gasteiger partial charge in [-0.15, -0.1) is 0 Å². The summed E-state index contributed by atoms with van der Waals surface area (Å²) in [6.07, 6.45) is 0. The third-order valence-electron chi connectivity index (χ3n) is 7.51. The number of aryl methyl sites for hydroxylation is 3. The zero-order chi connectivity index (χ0) is 27.5. The zero-order valence-corrected chi connectivity index (χ0v) is 23.5. The molecule has 0 saturated heterocycles. The molecule has 0 saturated carbocycles. The molecule has 0 spiro atoms. The molecule has 198 valence electrons. The standard InChI is InChI=1S/C32H24Cl2N4O2/c1-16-4-6-19(7-5-16)24(25-29(20-8-12-22(33)13-9-20)35-27-17(2)37-39-31(25)27)26-30(21-10-14-23(34)15-11-21)36-28-18(3)38-40-32(26)28/h4-15,24,35-36H,1-3H3. The Balaban J connectivity index is 1.60. The van der Waals surface area contributed by atoms with Crippen molar-refractivity contribution in [2.75, 3.05) is 0 Å². The highest BCUT2D eigenvalue weighted by Gasteiger charge is 2.34. The maximum absolute atomic E-state index is 6.27. The van der Waals surface area contributed by atoms with Gasteiger partial charge in [-0.25, -0.2) is 0 Å². The number of rotatable bonds is 5. The van der Waals surface area contributed by atoms with Crippen LogP contribution in [0, 0.1) is 20.8 Å². The molecular weight excluding hydrogens is 543 g/mol. The predicted molar refractivity (Wildman–Crippen MR) is 159 cm³/mol. The molecule has 3 aromatic carbocycles. The van der Waals surface area contributed by atoms with Crippen molar-refractivity contribution in [2.24, 2.45) is 0 Å². The van der Waals surface area contributed by atoms with E-state index < -0.39 is 0 Å². The van der Waals surface area contributed by atoms with Crippen molar-refractivity contribution in [1.29, 1.82) is 0 Å². The molecule has 7 aromatic rings. The number of halogens is 2. The van der Waals surface area contributed by atoms with Crippen LogP contribution in [0.3, 0.4) is 0 Å². The lowest BCUT2D eigenvalue weighted by Gasteiger charge is -2.20. The summed E-state index contributed by atoms with van der Waals surface area (Å²) in [7, 11) is 0. The molecule has 8 heteroatoms. The normalized spacial score (nSPS) is 11.8. The Morgan fingerprint density at radius 2 is 1.02 bits per heavy atom. The molecule has 0 aliphatic carbocycles. The number of H-pyrrole nitrogens is 2. The fourth-order valence-electron chi connectivity index (χ4n) is 5.49. The number of nitrogens with one attached hydrogen (secondary N) is 2. The van der Waals surface area contributed by atoms with E-state index in [0.29, 0.717) is 21.2 Å². The first-order valence-electron chi connectivity index (χ1n) is 12.9. The highest BCUT2D eigenvalue weighted by Crippen LogP contribution is 2.48. The quantitative estimate of drug-likeness (QED) is 0.217. The van der Waals surface area contributed by atoms with E-state index in [1.165, 1.54) is 5.56 Å². The third kappa shape index (κ3) is 3.95. The first-order chi connectivity index (χ1) is 19.4. The number of benzene rings is 3. The molecule has 6 nitrogen and oxygen atoms in total. The van der Waals surface area contributed by atoms with Crippen LogP contribution in [-0.4, -0.2) is 20.3 Å². The Labute approximate surface area is 239 Å². The molecule has 0 aliphatic rings. The Kier molecular flexibility index (Phi) is 5.84.